The molecule has 2 N–H and O–H groups in total. The quantitative estimate of drug-likeness (QED) is 0.798. The van der Waals surface area contributed by atoms with Gasteiger partial charge in [-0.05, 0) is 31.2 Å². The van der Waals surface area contributed by atoms with Crippen molar-refractivity contribution < 1.29 is 9.21 Å². The molecule has 3 rings (SSSR count). The molecule has 0 unspecified atom stereocenters. The number of hydrogen-bond acceptors (Lipinski definition) is 3. The third-order valence-corrected chi connectivity index (χ3v) is 3.26. The highest BCUT2D eigenvalue weighted by molar-refractivity contribution is 5.93. The van der Waals surface area contributed by atoms with Crippen molar-refractivity contribution in [3.8, 4) is 22.7 Å². The van der Waals surface area contributed by atoms with Gasteiger partial charge in [0.2, 0.25) is 11.8 Å². The van der Waals surface area contributed by atoms with Crippen LogP contribution >= 0.6 is 0 Å². The number of aromatic nitrogens is 1. The average Bonchev–Trinajstić information content (AvgIpc) is 2.90. The third-order valence-electron chi connectivity index (χ3n) is 3.26. The van der Waals surface area contributed by atoms with Crippen LogP contribution in [0.5, 0.6) is 0 Å². The number of aryl methyl sites for hydroxylation is 1. The Morgan fingerprint density at radius 1 is 1.00 bits per heavy atom. The summed E-state index contributed by atoms with van der Waals surface area (Å²) in [5.41, 5.74) is 8.34. The van der Waals surface area contributed by atoms with Gasteiger partial charge in [0.1, 0.15) is 11.5 Å². The zero-order valence-electron chi connectivity index (χ0n) is 11.5. The number of carbonyl (C=O) groups excluding carboxylic acids is 1. The molecule has 0 fully saturated rings. The van der Waals surface area contributed by atoms with Crippen molar-refractivity contribution in [3.63, 3.8) is 0 Å². The normalized spacial score (nSPS) is 10.5. The first-order chi connectivity index (χ1) is 10.1. The van der Waals surface area contributed by atoms with E-state index < -0.39 is 5.91 Å². The maximum atomic E-state index is 11.1. The number of carbonyl (C=O) groups is 1. The Hall–Kier alpha value is -2.88. The van der Waals surface area contributed by atoms with Crippen LogP contribution in [0.4, 0.5) is 0 Å². The summed E-state index contributed by atoms with van der Waals surface area (Å²) >= 11 is 0. The zero-order valence-corrected chi connectivity index (χ0v) is 11.5. The van der Waals surface area contributed by atoms with Crippen LogP contribution in [0.25, 0.3) is 22.7 Å². The maximum absolute atomic E-state index is 11.1. The highest BCUT2D eigenvalue weighted by Crippen LogP contribution is 2.28. The van der Waals surface area contributed by atoms with Gasteiger partial charge in [-0.3, -0.25) is 4.79 Å². The molecule has 0 atom stereocenters. The summed E-state index contributed by atoms with van der Waals surface area (Å²) in [4.78, 5) is 15.6. The minimum atomic E-state index is -0.449. The van der Waals surface area contributed by atoms with E-state index in [-0.39, 0.29) is 0 Å². The Kier molecular flexibility index (Phi) is 3.28. The smallest absolute Gasteiger partial charge is 0.248 e. The Morgan fingerprint density at radius 3 is 2.29 bits per heavy atom. The van der Waals surface area contributed by atoms with Crippen LogP contribution in [0.1, 0.15) is 16.1 Å². The molecule has 0 aliphatic rings. The number of rotatable bonds is 3. The molecule has 0 bridgehead atoms. The Labute approximate surface area is 122 Å². The van der Waals surface area contributed by atoms with E-state index in [2.05, 4.69) is 4.98 Å². The molecule has 4 nitrogen and oxygen atoms in total. The second kappa shape index (κ2) is 5.25. The molecule has 1 heterocycles. The molecule has 0 aliphatic heterocycles. The SMILES string of the molecule is Cc1oc(-c2ccc(C(N)=O)cc2)nc1-c1ccccc1. The van der Waals surface area contributed by atoms with Crippen molar-refractivity contribution in [1.82, 2.24) is 4.98 Å². The molecule has 2 aromatic carbocycles. The van der Waals surface area contributed by atoms with E-state index in [1.807, 2.05) is 37.3 Å². The summed E-state index contributed by atoms with van der Waals surface area (Å²) in [7, 11) is 0. The van der Waals surface area contributed by atoms with E-state index >= 15 is 0 Å². The van der Waals surface area contributed by atoms with Gasteiger partial charge in [-0.1, -0.05) is 30.3 Å². The molecule has 1 aromatic heterocycles. The van der Waals surface area contributed by atoms with Crippen LogP contribution in [0.2, 0.25) is 0 Å². The van der Waals surface area contributed by atoms with Gasteiger partial charge in [-0.2, -0.15) is 0 Å². The number of primary amides is 1. The topological polar surface area (TPSA) is 69.1 Å². The first-order valence-electron chi connectivity index (χ1n) is 6.58. The highest BCUT2D eigenvalue weighted by Gasteiger charge is 2.13. The fourth-order valence-corrected chi connectivity index (χ4v) is 2.16. The molecule has 21 heavy (non-hydrogen) atoms. The minimum absolute atomic E-state index is 0.449. The summed E-state index contributed by atoms with van der Waals surface area (Å²) in [5.74, 6) is 0.840. The van der Waals surface area contributed by atoms with Gasteiger partial charge < -0.3 is 10.2 Å². The third kappa shape index (κ3) is 2.56. The van der Waals surface area contributed by atoms with Gasteiger partial charge in [0.15, 0.2) is 0 Å². The van der Waals surface area contributed by atoms with E-state index in [1.54, 1.807) is 24.3 Å². The molecule has 0 saturated heterocycles. The molecule has 0 saturated carbocycles. The predicted octanol–water partition coefficient (Wildman–Crippen LogP) is 3.42. The van der Waals surface area contributed by atoms with Gasteiger partial charge >= 0.3 is 0 Å². The fraction of sp³-hybridized carbons (Fsp3) is 0.0588. The van der Waals surface area contributed by atoms with Crippen LogP contribution < -0.4 is 5.73 Å². The molecule has 0 aliphatic carbocycles. The lowest BCUT2D eigenvalue weighted by Crippen LogP contribution is -2.10. The van der Waals surface area contributed by atoms with Gasteiger partial charge in [0.25, 0.3) is 0 Å². The van der Waals surface area contributed by atoms with Crippen molar-refractivity contribution in [1.29, 1.82) is 0 Å². The number of oxazole rings is 1. The van der Waals surface area contributed by atoms with E-state index in [0.29, 0.717) is 11.5 Å². The molecule has 3 aromatic rings. The summed E-state index contributed by atoms with van der Waals surface area (Å²) in [5, 5.41) is 0. The number of nitrogens with zero attached hydrogens (tertiary/aromatic N) is 1. The van der Waals surface area contributed by atoms with E-state index in [0.717, 1.165) is 22.6 Å². The van der Waals surface area contributed by atoms with Crippen molar-refractivity contribution in [2.24, 2.45) is 5.73 Å². The Morgan fingerprint density at radius 2 is 1.67 bits per heavy atom. The summed E-state index contributed by atoms with van der Waals surface area (Å²) in [6.45, 7) is 1.89. The lowest BCUT2D eigenvalue weighted by atomic mass is 10.1. The van der Waals surface area contributed by atoms with Gasteiger partial charge in [0.05, 0.1) is 0 Å². The molecule has 0 radical (unpaired) electrons. The van der Waals surface area contributed by atoms with Crippen LogP contribution in [0.3, 0.4) is 0 Å². The number of hydrogen-bond donors (Lipinski definition) is 1. The predicted molar refractivity (Wildman–Crippen MR) is 80.6 cm³/mol. The number of benzene rings is 2. The van der Waals surface area contributed by atoms with E-state index in [9.17, 15) is 4.79 Å². The van der Waals surface area contributed by atoms with Crippen molar-refractivity contribution in [3.05, 3.63) is 65.9 Å². The number of nitrogens with two attached hydrogens (primary N) is 1. The van der Waals surface area contributed by atoms with E-state index in [4.69, 9.17) is 10.2 Å². The second-order valence-corrected chi connectivity index (χ2v) is 4.73. The fourth-order valence-electron chi connectivity index (χ4n) is 2.16. The second-order valence-electron chi connectivity index (χ2n) is 4.73. The lowest BCUT2D eigenvalue weighted by molar-refractivity contribution is 0.100. The van der Waals surface area contributed by atoms with Gasteiger partial charge in [-0.25, -0.2) is 4.98 Å². The van der Waals surface area contributed by atoms with Crippen LogP contribution in [-0.4, -0.2) is 10.9 Å². The maximum Gasteiger partial charge on any atom is 0.248 e. The van der Waals surface area contributed by atoms with Crippen LogP contribution in [-0.2, 0) is 0 Å². The monoisotopic (exact) mass is 278 g/mol. The molecule has 4 heteroatoms. The van der Waals surface area contributed by atoms with Gasteiger partial charge in [0, 0.05) is 16.7 Å². The highest BCUT2D eigenvalue weighted by atomic mass is 16.4. The van der Waals surface area contributed by atoms with Gasteiger partial charge in [-0.15, -0.1) is 0 Å². The molecule has 104 valence electrons. The molecule has 1 amide bonds. The van der Waals surface area contributed by atoms with Crippen molar-refractivity contribution in [2.75, 3.05) is 0 Å². The van der Waals surface area contributed by atoms with Crippen molar-refractivity contribution in [2.45, 2.75) is 6.92 Å². The summed E-state index contributed by atoms with van der Waals surface area (Å²) in [6, 6.07) is 16.8. The lowest BCUT2D eigenvalue weighted by Gasteiger charge is -1.97. The van der Waals surface area contributed by atoms with E-state index in [1.165, 1.54) is 0 Å². The Bertz CT molecular complexity index is 774. The minimum Gasteiger partial charge on any atom is -0.441 e. The first kappa shape index (κ1) is 13.1. The Balaban J connectivity index is 1.99. The summed E-state index contributed by atoms with van der Waals surface area (Å²) in [6.07, 6.45) is 0. The van der Waals surface area contributed by atoms with Crippen LogP contribution in [0.15, 0.2) is 59.0 Å². The summed E-state index contributed by atoms with van der Waals surface area (Å²) < 4.78 is 5.73. The van der Waals surface area contributed by atoms with Crippen LogP contribution in [0, 0.1) is 6.92 Å². The number of amides is 1. The van der Waals surface area contributed by atoms with Crippen molar-refractivity contribution >= 4 is 5.91 Å². The standard InChI is InChI=1S/C17H14N2O2/c1-11-15(12-5-3-2-4-6-12)19-17(21-11)14-9-7-13(8-10-14)16(18)20/h2-10H,1H3,(H2,18,20). The average molecular weight is 278 g/mol. The first-order valence-corrected chi connectivity index (χ1v) is 6.58. The molecule has 0 spiro atoms. The largest absolute Gasteiger partial charge is 0.441 e. The zero-order chi connectivity index (χ0) is 14.8. The molecular formula is C17H14N2O2. The molecular weight excluding hydrogens is 264 g/mol.